The first-order valence-corrected chi connectivity index (χ1v) is 18.3. The number of hydrogen-bond acceptors (Lipinski definition) is 0. The summed E-state index contributed by atoms with van der Waals surface area (Å²) in [5, 5.41) is 0. The molecule has 0 aromatic carbocycles. The third-order valence-corrected chi connectivity index (χ3v) is 8.79. The lowest BCUT2D eigenvalue weighted by atomic mass is 10.0. The predicted molar refractivity (Wildman–Crippen MR) is 175 cm³/mol. The van der Waals surface area contributed by atoms with E-state index in [-0.39, 0.29) is 0 Å². The second-order valence-electron chi connectivity index (χ2n) is 13.0. The normalized spacial score (nSPS) is 11.7. The zero-order valence-corrected chi connectivity index (χ0v) is 27.6. The van der Waals surface area contributed by atoms with E-state index in [1.165, 1.54) is 186 Å². The summed E-state index contributed by atoms with van der Waals surface area (Å²) in [7, 11) is 0. The van der Waals surface area contributed by atoms with Gasteiger partial charge in [-0.3, -0.25) is 0 Å². The molecule has 39 heavy (non-hydrogen) atoms. The minimum absolute atomic E-state index is 0.605. The Morgan fingerprint density at radius 3 is 1.18 bits per heavy atom. The van der Waals surface area contributed by atoms with Crippen molar-refractivity contribution in [3.05, 3.63) is 18.2 Å². The van der Waals surface area contributed by atoms with E-state index in [0.717, 1.165) is 0 Å². The zero-order chi connectivity index (χ0) is 28.2. The molecule has 1 rings (SSSR count). The van der Waals surface area contributed by atoms with E-state index in [9.17, 15) is 0 Å². The van der Waals surface area contributed by atoms with Gasteiger partial charge in [0.05, 0.1) is 19.0 Å². The van der Waals surface area contributed by atoms with E-state index >= 15 is 0 Å². The van der Waals surface area contributed by atoms with Crippen LogP contribution in [0.5, 0.6) is 0 Å². The molecule has 0 spiro atoms. The van der Waals surface area contributed by atoms with Crippen molar-refractivity contribution in [2.45, 2.75) is 220 Å². The Balaban J connectivity index is 2.03. The standard InChI is InChI=1S/C37H73N2/c1-5-7-9-11-13-15-17-19-20-21-23-25-27-29-31-33-39-35-34-38(37(39)36(3)4)32-30-28-26-24-22-18-16-14-12-10-8-6-2/h34-36H,5-33H2,1-4H3/q+1. The van der Waals surface area contributed by atoms with Crippen molar-refractivity contribution in [1.29, 1.82) is 0 Å². The summed E-state index contributed by atoms with van der Waals surface area (Å²) in [5.41, 5.74) is 0. The Morgan fingerprint density at radius 2 is 0.821 bits per heavy atom. The Bertz CT molecular complexity index is 617. The van der Waals surface area contributed by atoms with Crippen LogP contribution >= 0.6 is 0 Å². The third kappa shape index (κ3) is 20.7. The second-order valence-corrected chi connectivity index (χ2v) is 13.0. The molecule has 1 aromatic rings. The van der Waals surface area contributed by atoms with Crippen LogP contribution in [0.25, 0.3) is 0 Å². The summed E-state index contributed by atoms with van der Waals surface area (Å²) < 4.78 is 5.12. The van der Waals surface area contributed by atoms with E-state index in [2.05, 4.69) is 49.2 Å². The SMILES string of the molecule is CCCCCCCCCCCCCCCCCn1cc[n+](CCCCCCCCCCCCCC)c1C(C)C. The third-order valence-electron chi connectivity index (χ3n) is 8.79. The van der Waals surface area contributed by atoms with E-state index in [4.69, 9.17) is 0 Å². The quantitative estimate of drug-likeness (QED) is 0.0671. The fourth-order valence-electron chi connectivity index (χ4n) is 6.30. The van der Waals surface area contributed by atoms with Crippen molar-refractivity contribution in [2.75, 3.05) is 0 Å². The molecule has 0 aliphatic heterocycles. The highest BCUT2D eigenvalue weighted by Gasteiger charge is 2.20. The molecule has 230 valence electrons. The number of imidazole rings is 1. The van der Waals surface area contributed by atoms with Crippen molar-refractivity contribution in [3.8, 4) is 0 Å². The summed E-state index contributed by atoms with van der Waals surface area (Å²) in [6, 6.07) is 0. The minimum Gasteiger partial charge on any atom is -0.234 e. The number of hydrogen-bond donors (Lipinski definition) is 0. The maximum atomic E-state index is 2.56. The van der Waals surface area contributed by atoms with Gasteiger partial charge in [-0.1, -0.05) is 175 Å². The highest BCUT2D eigenvalue weighted by atomic mass is 15.1. The number of nitrogens with zero attached hydrogens (tertiary/aromatic N) is 2. The minimum atomic E-state index is 0.605. The Labute approximate surface area is 247 Å². The van der Waals surface area contributed by atoms with Crippen LogP contribution in [0.2, 0.25) is 0 Å². The van der Waals surface area contributed by atoms with Crippen LogP contribution in [0.1, 0.15) is 213 Å². The van der Waals surface area contributed by atoms with E-state index in [1.54, 1.807) is 5.82 Å². The molecule has 1 aromatic heterocycles. The molecule has 0 aliphatic carbocycles. The molecule has 0 atom stereocenters. The van der Waals surface area contributed by atoms with Crippen LogP contribution < -0.4 is 4.57 Å². The molecule has 0 aliphatic rings. The van der Waals surface area contributed by atoms with Crippen LogP contribution in [-0.4, -0.2) is 4.57 Å². The van der Waals surface area contributed by atoms with Gasteiger partial charge in [-0.2, -0.15) is 0 Å². The van der Waals surface area contributed by atoms with Gasteiger partial charge in [-0.05, 0) is 25.7 Å². The molecule has 0 saturated heterocycles. The molecule has 0 N–H and O–H groups in total. The van der Waals surface area contributed by atoms with Crippen molar-refractivity contribution in [1.82, 2.24) is 4.57 Å². The molecular weight excluding hydrogens is 472 g/mol. The Kier molecular flexibility index (Phi) is 25.4. The Morgan fingerprint density at radius 1 is 0.487 bits per heavy atom. The van der Waals surface area contributed by atoms with Gasteiger partial charge in [0, 0.05) is 0 Å². The first-order chi connectivity index (χ1) is 19.2. The molecule has 0 bridgehead atoms. The van der Waals surface area contributed by atoms with Crippen molar-refractivity contribution < 1.29 is 4.57 Å². The largest absolute Gasteiger partial charge is 0.258 e. The molecular formula is C37H73N2+. The van der Waals surface area contributed by atoms with Crippen LogP contribution in [0, 0.1) is 0 Å². The van der Waals surface area contributed by atoms with Crippen LogP contribution in [0.15, 0.2) is 12.4 Å². The van der Waals surface area contributed by atoms with E-state index in [0.29, 0.717) is 5.92 Å². The maximum absolute atomic E-state index is 2.56. The van der Waals surface area contributed by atoms with Crippen molar-refractivity contribution in [2.24, 2.45) is 0 Å². The number of unbranched alkanes of at least 4 members (excludes halogenated alkanes) is 25. The average molecular weight is 546 g/mol. The summed E-state index contributed by atoms with van der Waals surface area (Å²) >= 11 is 0. The summed E-state index contributed by atoms with van der Waals surface area (Å²) in [4.78, 5) is 0. The molecule has 0 amide bonds. The molecule has 0 radical (unpaired) electrons. The van der Waals surface area contributed by atoms with Gasteiger partial charge in [0.15, 0.2) is 0 Å². The molecule has 0 unspecified atom stereocenters. The number of aromatic nitrogens is 2. The molecule has 1 heterocycles. The van der Waals surface area contributed by atoms with Crippen LogP contribution in [0.4, 0.5) is 0 Å². The average Bonchev–Trinajstić information content (AvgIpc) is 3.34. The fourth-order valence-corrected chi connectivity index (χ4v) is 6.30. The van der Waals surface area contributed by atoms with Crippen molar-refractivity contribution in [3.63, 3.8) is 0 Å². The fraction of sp³-hybridized carbons (Fsp3) is 0.919. The highest BCUT2D eigenvalue weighted by molar-refractivity contribution is 4.89. The summed E-state index contributed by atoms with van der Waals surface area (Å²) in [6.07, 6.45) is 43.5. The first-order valence-electron chi connectivity index (χ1n) is 18.3. The van der Waals surface area contributed by atoms with Crippen LogP contribution in [0.3, 0.4) is 0 Å². The summed E-state index contributed by atoms with van der Waals surface area (Å²) in [6.45, 7) is 11.8. The van der Waals surface area contributed by atoms with Gasteiger partial charge in [0.25, 0.3) is 5.82 Å². The van der Waals surface area contributed by atoms with Crippen LogP contribution in [-0.2, 0) is 13.1 Å². The molecule has 0 fully saturated rings. The van der Waals surface area contributed by atoms with Crippen molar-refractivity contribution >= 4 is 0 Å². The maximum Gasteiger partial charge on any atom is 0.258 e. The van der Waals surface area contributed by atoms with Gasteiger partial charge in [0.2, 0.25) is 0 Å². The number of aryl methyl sites for hydroxylation is 2. The first kappa shape index (κ1) is 36.2. The van der Waals surface area contributed by atoms with Gasteiger partial charge < -0.3 is 0 Å². The van der Waals surface area contributed by atoms with Gasteiger partial charge in [-0.25, -0.2) is 9.13 Å². The predicted octanol–water partition coefficient (Wildman–Crippen LogP) is 12.5. The monoisotopic (exact) mass is 546 g/mol. The van der Waals surface area contributed by atoms with E-state index < -0.39 is 0 Å². The molecule has 2 nitrogen and oxygen atoms in total. The zero-order valence-electron chi connectivity index (χ0n) is 27.6. The van der Waals surface area contributed by atoms with Gasteiger partial charge in [0.1, 0.15) is 12.4 Å². The van der Waals surface area contributed by atoms with Gasteiger partial charge >= 0.3 is 0 Å². The molecule has 0 saturated carbocycles. The number of rotatable bonds is 30. The topological polar surface area (TPSA) is 8.81 Å². The lowest BCUT2D eigenvalue weighted by Gasteiger charge is -2.08. The molecule has 2 heteroatoms. The lowest BCUT2D eigenvalue weighted by molar-refractivity contribution is -0.705. The summed E-state index contributed by atoms with van der Waals surface area (Å²) in [5.74, 6) is 2.15. The second kappa shape index (κ2) is 27.4. The highest BCUT2D eigenvalue weighted by Crippen LogP contribution is 2.16. The lowest BCUT2D eigenvalue weighted by Crippen LogP contribution is -2.38. The van der Waals surface area contributed by atoms with Gasteiger partial charge in [-0.15, -0.1) is 0 Å². The van der Waals surface area contributed by atoms with E-state index in [1.807, 2.05) is 0 Å². The Hall–Kier alpha value is -0.790. The smallest absolute Gasteiger partial charge is 0.234 e.